The quantitative estimate of drug-likeness (QED) is 0.445. The van der Waals surface area contributed by atoms with Gasteiger partial charge in [-0.2, -0.15) is 0 Å². The van der Waals surface area contributed by atoms with Crippen LogP contribution < -0.4 is 10.1 Å². The molecule has 2 heterocycles. The lowest BCUT2D eigenvalue weighted by Crippen LogP contribution is -2.33. The summed E-state index contributed by atoms with van der Waals surface area (Å²) in [7, 11) is 1.66. The Bertz CT molecular complexity index is 1060. The molecule has 1 saturated heterocycles. The van der Waals surface area contributed by atoms with Gasteiger partial charge in [0.25, 0.3) is 0 Å². The first-order valence-electron chi connectivity index (χ1n) is 11.9. The maximum absolute atomic E-state index is 12.7. The van der Waals surface area contributed by atoms with Crippen molar-refractivity contribution >= 4 is 17.7 Å². The highest BCUT2D eigenvalue weighted by molar-refractivity contribution is 7.99. The van der Waals surface area contributed by atoms with Crippen LogP contribution in [0.15, 0.2) is 59.8 Å². The third-order valence-electron chi connectivity index (χ3n) is 6.31. The van der Waals surface area contributed by atoms with Gasteiger partial charge in [-0.05, 0) is 69.6 Å². The number of aromatic nitrogens is 3. The maximum atomic E-state index is 12.7. The fourth-order valence-corrected chi connectivity index (χ4v) is 5.10. The minimum absolute atomic E-state index is 0.0312. The lowest BCUT2D eigenvalue weighted by atomic mass is 10.1. The number of methoxy groups -OCH3 is 1. The number of nitrogens with one attached hydrogen (secondary N) is 1. The van der Waals surface area contributed by atoms with Crippen molar-refractivity contribution in [3.63, 3.8) is 0 Å². The molecule has 1 aliphatic heterocycles. The van der Waals surface area contributed by atoms with E-state index in [0.717, 1.165) is 35.9 Å². The van der Waals surface area contributed by atoms with Crippen molar-refractivity contribution in [3.8, 4) is 11.4 Å². The van der Waals surface area contributed by atoms with Crippen molar-refractivity contribution in [2.24, 2.45) is 0 Å². The van der Waals surface area contributed by atoms with Gasteiger partial charge in [0.15, 0.2) is 11.0 Å². The van der Waals surface area contributed by atoms with Crippen LogP contribution in [0.2, 0.25) is 0 Å². The second kappa shape index (κ2) is 11.5. The van der Waals surface area contributed by atoms with Crippen LogP contribution in [0, 0.1) is 0 Å². The van der Waals surface area contributed by atoms with Crippen LogP contribution in [-0.2, 0) is 4.79 Å². The van der Waals surface area contributed by atoms with Crippen LogP contribution in [0.3, 0.4) is 0 Å². The van der Waals surface area contributed by atoms with Crippen LogP contribution in [0.5, 0.6) is 5.75 Å². The number of rotatable bonds is 9. The Balaban J connectivity index is 1.52. The molecule has 1 amide bonds. The van der Waals surface area contributed by atoms with Crippen molar-refractivity contribution in [1.29, 1.82) is 0 Å². The number of amides is 1. The molecule has 3 aromatic rings. The molecule has 7 nitrogen and oxygen atoms in total. The first kappa shape index (κ1) is 24.3. The van der Waals surface area contributed by atoms with Gasteiger partial charge in [-0.3, -0.25) is 14.3 Å². The molecule has 2 atom stereocenters. The molecular weight excluding hydrogens is 446 g/mol. The SMILES string of the molecule is COc1ccc(-n2c(SCC(=O)N[C@@H](C)c3ccccc3)nnc2[C@H](C)N2CCCCC2)cc1. The zero-order chi connectivity index (χ0) is 23.9. The number of hydrogen-bond donors (Lipinski definition) is 1. The van der Waals surface area contributed by atoms with E-state index in [2.05, 4.69) is 31.9 Å². The number of piperidine rings is 1. The predicted molar refractivity (Wildman–Crippen MR) is 135 cm³/mol. The number of carbonyl (C=O) groups excluding carboxylic acids is 1. The lowest BCUT2D eigenvalue weighted by molar-refractivity contribution is -0.119. The van der Waals surface area contributed by atoms with Crippen molar-refractivity contribution in [3.05, 3.63) is 66.0 Å². The molecule has 0 radical (unpaired) electrons. The van der Waals surface area contributed by atoms with Gasteiger partial charge in [0.2, 0.25) is 5.91 Å². The fourth-order valence-electron chi connectivity index (χ4n) is 4.33. The third kappa shape index (κ3) is 5.80. The summed E-state index contributed by atoms with van der Waals surface area (Å²) in [5, 5.41) is 12.9. The second-order valence-corrected chi connectivity index (χ2v) is 9.58. The molecule has 1 aromatic heterocycles. The van der Waals surface area contributed by atoms with Crippen molar-refractivity contribution in [2.45, 2.75) is 50.4 Å². The zero-order valence-corrected chi connectivity index (χ0v) is 20.9. The van der Waals surface area contributed by atoms with Crippen molar-refractivity contribution < 1.29 is 9.53 Å². The van der Waals surface area contributed by atoms with Gasteiger partial charge in [0.1, 0.15) is 5.75 Å². The van der Waals surface area contributed by atoms with E-state index in [1.165, 1.54) is 31.0 Å². The molecule has 180 valence electrons. The van der Waals surface area contributed by atoms with E-state index in [-0.39, 0.29) is 23.7 Å². The summed E-state index contributed by atoms with van der Waals surface area (Å²) in [6, 6.07) is 18.0. The molecule has 1 fully saturated rings. The van der Waals surface area contributed by atoms with Gasteiger partial charge in [0, 0.05) is 5.69 Å². The topological polar surface area (TPSA) is 72.3 Å². The summed E-state index contributed by atoms with van der Waals surface area (Å²) >= 11 is 1.41. The van der Waals surface area contributed by atoms with Crippen LogP contribution in [-0.4, -0.2) is 51.5 Å². The van der Waals surface area contributed by atoms with E-state index < -0.39 is 0 Å². The third-order valence-corrected chi connectivity index (χ3v) is 7.24. The summed E-state index contributed by atoms with van der Waals surface area (Å²) in [6.07, 6.45) is 3.71. The number of thioether (sulfide) groups is 1. The lowest BCUT2D eigenvalue weighted by Gasteiger charge is -2.31. The normalized spacial score (nSPS) is 16.1. The molecular formula is C26H33N5O2S. The number of ether oxygens (including phenoxy) is 1. The molecule has 4 rings (SSSR count). The number of carbonyl (C=O) groups is 1. The standard InChI is InChI=1S/C26H33N5O2S/c1-19(21-10-6-4-7-11-21)27-24(32)18-34-26-29-28-25(20(2)30-16-8-5-9-17-30)31(26)22-12-14-23(33-3)15-13-22/h4,6-7,10-15,19-20H,5,8-9,16-18H2,1-3H3,(H,27,32)/t19-,20-/m0/s1. The number of likely N-dealkylation sites (tertiary alicyclic amines) is 1. The Morgan fingerprint density at radius 3 is 2.41 bits per heavy atom. The summed E-state index contributed by atoms with van der Waals surface area (Å²) in [5.74, 6) is 1.93. The van der Waals surface area contributed by atoms with Crippen molar-refractivity contribution in [2.75, 3.05) is 26.0 Å². The van der Waals surface area contributed by atoms with Crippen molar-refractivity contribution in [1.82, 2.24) is 25.0 Å². The second-order valence-electron chi connectivity index (χ2n) is 8.64. The highest BCUT2D eigenvalue weighted by Crippen LogP contribution is 2.30. The zero-order valence-electron chi connectivity index (χ0n) is 20.1. The summed E-state index contributed by atoms with van der Waals surface area (Å²) in [4.78, 5) is 15.2. The highest BCUT2D eigenvalue weighted by atomic mass is 32.2. The number of hydrogen-bond acceptors (Lipinski definition) is 6. The van der Waals surface area contributed by atoms with E-state index in [0.29, 0.717) is 5.16 Å². The van der Waals surface area contributed by atoms with Crippen LogP contribution in [0.4, 0.5) is 0 Å². The van der Waals surface area contributed by atoms with Gasteiger partial charge in [-0.15, -0.1) is 10.2 Å². The average molecular weight is 480 g/mol. The minimum atomic E-state index is -0.0524. The first-order valence-corrected chi connectivity index (χ1v) is 12.9. The maximum Gasteiger partial charge on any atom is 0.230 e. The van der Waals surface area contributed by atoms with Gasteiger partial charge >= 0.3 is 0 Å². The number of nitrogens with zero attached hydrogens (tertiary/aromatic N) is 4. The highest BCUT2D eigenvalue weighted by Gasteiger charge is 2.26. The number of benzene rings is 2. The summed E-state index contributed by atoms with van der Waals surface area (Å²) in [5.41, 5.74) is 2.05. The van der Waals surface area contributed by atoms with Gasteiger partial charge in [-0.25, -0.2) is 0 Å². The predicted octanol–water partition coefficient (Wildman–Crippen LogP) is 4.79. The van der Waals surface area contributed by atoms with E-state index >= 15 is 0 Å². The van der Waals surface area contributed by atoms with Gasteiger partial charge in [0.05, 0.1) is 24.9 Å². The molecule has 2 aromatic carbocycles. The van der Waals surface area contributed by atoms with Crippen LogP contribution in [0.1, 0.15) is 56.6 Å². The van der Waals surface area contributed by atoms with Gasteiger partial charge in [-0.1, -0.05) is 48.5 Å². The Labute approximate surface area is 205 Å². The Morgan fingerprint density at radius 2 is 1.74 bits per heavy atom. The summed E-state index contributed by atoms with van der Waals surface area (Å²) in [6.45, 7) is 6.33. The fraction of sp³-hybridized carbons (Fsp3) is 0.423. The molecule has 0 unspecified atom stereocenters. The molecule has 8 heteroatoms. The first-order chi connectivity index (χ1) is 16.6. The molecule has 1 aliphatic rings. The van der Waals surface area contributed by atoms with Crippen LogP contribution in [0.25, 0.3) is 5.69 Å². The monoisotopic (exact) mass is 479 g/mol. The van der Waals surface area contributed by atoms with E-state index in [4.69, 9.17) is 4.74 Å². The Hall–Kier alpha value is -2.84. The molecule has 34 heavy (non-hydrogen) atoms. The molecule has 1 N–H and O–H groups in total. The van der Waals surface area contributed by atoms with Gasteiger partial charge < -0.3 is 10.1 Å². The van der Waals surface area contributed by atoms with E-state index in [9.17, 15) is 4.79 Å². The minimum Gasteiger partial charge on any atom is -0.497 e. The summed E-state index contributed by atoms with van der Waals surface area (Å²) < 4.78 is 7.42. The molecule has 0 aliphatic carbocycles. The Morgan fingerprint density at radius 1 is 1.03 bits per heavy atom. The van der Waals surface area contributed by atoms with E-state index in [1.807, 2.05) is 61.5 Å². The molecule has 0 spiro atoms. The van der Waals surface area contributed by atoms with E-state index in [1.54, 1.807) is 7.11 Å². The largest absolute Gasteiger partial charge is 0.497 e. The molecule has 0 saturated carbocycles. The molecule has 0 bridgehead atoms. The van der Waals surface area contributed by atoms with Crippen LogP contribution >= 0.6 is 11.8 Å². The smallest absolute Gasteiger partial charge is 0.230 e. The Kier molecular flexibility index (Phi) is 8.24. The average Bonchev–Trinajstić information content (AvgIpc) is 3.32.